The zero-order valence-electron chi connectivity index (χ0n) is 13.2. The maximum Gasteiger partial charge on any atom is 0.310 e. The molecule has 0 spiro atoms. The summed E-state index contributed by atoms with van der Waals surface area (Å²) in [6, 6.07) is 17.8. The number of hydrogen-bond acceptors (Lipinski definition) is 2. The van der Waals surface area contributed by atoms with E-state index in [0.717, 1.165) is 33.1 Å². The molecule has 0 bridgehead atoms. The van der Waals surface area contributed by atoms with Gasteiger partial charge in [0.2, 0.25) is 0 Å². The highest BCUT2D eigenvalue weighted by molar-refractivity contribution is 5.94. The zero-order chi connectivity index (χ0) is 16.7. The number of carboxylic acids is 1. The third-order valence-electron chi connectivity index (χ3n) is 4.47. The maximum atomic E-state index is 11.5. The van der Waals surface area contributed by atoms with Gasteiger partial charge in [0.05, 0.1) is 22.6 Å². The molecule has 0 saturated heterocycles. The Balaban J connectivity index is 2.05. The van der Waals surface area contributed by atoms with Gasteiger partial charge in [-0.2, -0.15) is 0 Å². The van der Waals surface area contributed by atoms with Gasteiger partial charge in [-0.1, -0.05) is 36.4 Å². The van der Waals surface area contributed by atoms with Crippen molar-refractivity contribution in [3.8, 4) is 5.69 Å². The SMILES string of the molecule is CC(C(=O)O)c1cn(-c2ccnc3ccccc23)c2ccccc12. The van der Waals surface area contributed by atoms with E-state index in [0.29, 0.717) is 0 Å². The van der Waals surface area contributed by atoms with Gasteiger partial charge in [-0.05, 0) is 30.7 Å². The fraction of sp³-hybridized carbons (Fsp3) is 0.100. The van der Waals surface area contributed by atoms with Crippen LogP contribution in [-0.4, -0.2) is 20.6 Å². The highest BCUT2D eigenvalue weighted by Crippen LogP contribution is 2.32. The highest BCUT2D eigenvalue weighted by Gasteiger charge is 2.20. The third kappa shape index (κ3) is 2.15. The number of carbonyl (C=O) groups is 1. The minimum absolute atomic E-state index is 0.566. The van der Waals surface area contributed by atoms with Gasteiger partial charge in [-0.15, -0.1) is 0 Å². The molecule has 1 atom stereocenters. The van der Waals surface area contributed by atoms with Crippen molar-refractivity contribution in [3.63, 3.8) is 0 Å². The molecule has 4 heteroatoms. The second-order valence-corrected chi connectivity index (χ2v) is 5.88. The van der Waals surface area contributed by atoms with Crippen LogP contribution in [-0.2, 0) is 4.79 Å². The molecule has 4 nitrogen and oxygen atoms in total. The standard InChI is InChI=1S/C20H16N2O2/c1-13(20(23)24)16-12-22(18-9-5-3-6-14(16)18)19-10-11-21-17-8-4-2-7-15(17)19/h2-13H,1H3,(H,23,24). The summed E-state index contributed by atoms with van der Waals surface area (Å²) < 4.78 is 2.06. The number of aromatic nitrogens is 2. The predicted octanol–water partition coefficient (Wildman–Crippen LogP) is 4.37. The number of carboxylic acid groups (broad SMARTS) is 1. The summed E-state index contributed by atoms with van der Waals surface area (Å²) in [5, 5.41) is 11.4. The van der Waals surface area contributed by atoms with Crippen LogP contribution in [0.1, 0.15) is 18.4 Å². The quantitative estimate of drug-likeness (QED) is 0.611. The van der Waals surface area contributed by atoms with Crippen LogP contribution in [0.5, 0.6) is 0 Å². The molecule has 4 aromatic rings. The van der Waals surface area contributed by atoms with Crippen molar-refractivity contribution >= 4 is 27.8 Å². The summed E-state index contributed by atoms with van der Waals surface area (Å²) in [6.45, 7) is 1.72. The van der Waals surface area contributed by atoms with Crippen LogP contribution in [0, 0.1) is 0 Å². The Bertz CT molecular complexity index is 1060. The monoisotopic (exact) mass is 316 g/mol. The van der Waals surface area contributed by atoms with E-state index in [1.165, 1.54) is 0 Å². The van der Waals surface area contributed by atoms with Crippen molar-refractivity contribution in [2.75, 3.05) is 0 Å². The molecule has 2 heterocycles. The minimum atomic E-state index is -0.822. The van der Waals surface area contributed by atoms with E-state index in [9.17, 15) is 9.90 Å². The Kier molecular flexibility index (Phi) is 3.31. The number of fused-ring (bicyclic) bond motifs is 2. The second-order valence-electron chi connectivity index (χ2n) is 5.88. The summed E-state index contributed by atoms with van der Waals surface area (Å²) in [5.41, 5.74) is 3.73. The van der Waals surface area contributed by atoms with Gasteiger partial charge in [0.15, 0.2) is 0 Å². The average molecular weight is 316 g/mol. The molecule has 2 aromatic carbocycles. The van der Waals surface area contributed by atoms with Crippen molar-refractivity contribution in [1.29, 1.82) is 0 Å². The summed E-state index contributed by atoms with van der Waals surface area (Å²) in [6.07, 6.45) is 3.72. The number of pyridine rings is 1. The van der Waals surface area contributed by atoms with Crippen LogP contribution in [0.2, 0.25) is 0 Å². The largest absolute Gasteiger partial charge is 0.481 e. The van der Waals surface area contributed by atoms with E-state index in [2.05, 4.69) is 9.55 Å². The zero-order valence-corrected chi connectivity index (χ0v) is 13.2. The van der Waals surface area contributed by atoms with Gasteiger partial charge < -0.3 is 9.67 Å². The number of nitrogens with zero attached hydrogens (tertiary/aromatic N) is 2. The molecule has 24 heavy (non-hydrogen) atoms. The van der Waals surface area contributed by atoms with Crippen LogP contribution < -0.4 is 0 Å². The molecule has 0 amide bonds. The van der Waals surface area contributed by atoms with Crippen LogP contribution in [0.4, 0.5) is 0 Å². The summed E-state index contributed by atoms with van der Waals surface area (Å²) >= 11 is 0. The molecule has 0 fully saturated rings. The average Bonchev–Trinajstić information content (AvgIpc) is 3.00. The molecule has 0 aliphatic carbocycles. The Labute approximate surface area is 139 Å². The van der Waals surface area contributed by atoms with E-state index >= 15 is 0 Å². The first-order valence-corrected chi connectivity index (χ1v) is 7.84. The van der Waals surface area contributed by atoms with Crippen LogP contribution >= 0.6 is 0 Å². The molecule has 0 aliphatic rings. The van der Waals surface area contributed by atoms with Crippen LogP contribution in [0.3, 0.4) is 0 Å². The molecular formula is C20H16N2O2. The third-order valence-corrected chi connectivity index (χ3v) is 4.47. The molecule has 1 unspecified atom stereocenters. The Morgan fingerprint density at radius 1 is 1.04 bits per heavy atom. The summed E-state index contributed by atoms with van der Waals surface area (Å²) in [7, 11) is 0. The Hall–Kier alpha value is -3.14. The minimum Gasteiger partial charge on any atom is -0.481 e. The lowest BCUT2D eigenvalue weighted by Gasteiger charge is -2.09. The topological polar surface area (TPSA) is 55.1 Å². The molecule has 4 rings (SSSR count). The fourth-order valence-electron chi connectivity index (χ4n) is 3.17. The first-order chi connectivity index (χ1) is 11.7. The number of para-hydroxylation sites is 2. The van der Waals surface area contributed by atoms with Crippen molar-refractivity contribution < 1.29 is 9.90 Å². The summed E-state index contributed by atoms with van der Waals surface area (Å²) in [5.74, 6) is -1.39. The van der Waals surface area contributed by atoms with E-state index in [4.69, 9.17) is 0 Å². The number of benzene rings is 2. The Morgan fingerprint density at radius 3 is 2.54 bits per heavy atom. The van der Waals surface area contributed by atoms with Crippen molar-refractivity contribution in [2.45, 2.75) is 12.8 Å². The van der Waals surface area contributed by atoms with Crippen LogP contribution in [0.15, 0.2) is 67.0 Å². The van der Waals surface area contributed by atoms with E-state index < -0.39 is 11.9 Å². The van der Waals surface area contributed by atoms with Gasteiger partial charge in [-0.3, -0.25) is 9.78 Å². The second kappa shape index (κ2) is 5.49. The van der Waals surface area contributed by atoms with Gasteiger partial charge >= 0.3 is 5.97 Å². The van der Waals surface area contributed by atoms with Gasteiger partial charge in [0.25, 0.3) is 0 Å². The molecule has 0 aliphatic heterocycles. The molecule has 1 N–H and O–H groups in total. The molecule has 0 radical (unpaired) electrons. The van der Waals surface area contributed by atoms with Crippen LogP contribution in [0.25, 0.3) is 27.5 Å². The van der Waals surface area contributed by atoms with Crippen molar-refractivity contribution in [2.24, 2.45) is 0 Å². The lowest BCUT2D eigenvalue weighted by molar-refractivity contribution is -0.138. The lowest BCUT2D eigenvalue weighted by atomic mass is 10.0. The summed E-state index contributed by atoms with van der Waals surface area (Å²) in [4.78, 5) is 15.9. The van der Waals surface area contributed by atoms with E-state index in [1.54, 1.807) is 13.1 Å². The first kappa shape index (κ1) is 14.5. The molecule has 118 valence electrons. The van der Waals surface area contributed by atoms with Crippen molar-refractivity contribution in [3.05, 3.63) is 72.6 Å². The molecular weight excluding hydrogens is 300 g/mol. The van der Waals surface area contributed by atoms with E-state index in [1.807, 2.05) is 60.8 Å². The maximum absolute atomic E-state index is 11.5. The lowest BCUT2D eigenvalue weighted by Crippen LogP contribution is -2.06. The number of aliphatic carboxylic acids is 1. The normalized spacial score (nSPS) is 12.5. The fourth-order valence-corrected chi connectivity index (χ4v) is 3.17. The highest BCUT2D eigenvalue weighted by atomic mass is 16.4. The first-order valence-electron chi connectivity index (χ1n) is 7.84. The van der Waals surface area contributed by atoms with E-state index in [-0.39, 0.29) is 0 Å². The van der Waals surface area contributed by atoms with Gasteiger partial charge in [0, 0.05) is 23.2 Å². The number of hydrogen-bond donors (Lipinski definition) is 1. The predicted molar refractivity (Wildman–Crippen MR) is 94.6 cm³/mol. The number of rotatable bonds is 3. The van der Waals surface area contributed by atoms with Gasteiger partial charge in [0.1, 0.15) is 0 Å². The molecule has 2 aromatic heterocycles. The molecule has 0 saturated carbocycles. The smallest absolute Gasteiger partial charge is 0.310 e. The van der Waals surface area contributed by atoms with Crippen molar-refractivity contribution in [1.82, 2.24) is 9.55 Å². The Morgan fingerprint density at radius 2 is 1.75 bits per heavy atom. The van der Waals surface area contributed by atoms with Gasteiger partial charge in [-0.25, -0.2) is 0 Å².